The number of nitrogens with two attached hydrogens (primary N) is 1. The van der Waals surface area contributed by atoms with Crippen LogP contribution in [0.1, 0.15) is 20.7 Å². The minimum absolute atomic E-state index is 0.0587. The molecule has 0 radical (unpaired) electrons. The molecule has 0 spiro atoms. The molecule has 16 nitrogen and oxygen atoms in total. The van der Waals surface area contributed by atoms with Crippen molar-refractivity contribution in [2.45, 2.75) is 0 Å². The van der Waals surface area contributed by atoms with E-state index in [0.717, 1.165) is 108 Å². The zero-order chi connectivity index (χ0) is 74.1. The molecule has 0 aliphatic rings. The maximum absolute atomic E-state index is 13.0. The molecule has 105 heavy (non-hydrogen) atoms. The summed E-state index contributed by atoms with van der Waals surface area (Å²) >= 11 is 8.78. The van der Waals surface area contributed by atoms with Crippen LogP contribution in [0.4, 0.5) is 22.7 Å². The Bertz CT molecular complexity index is 5900. The zero-order valence-electron chi connectivity index (χ0n) is 55.6. The normalized spacial score (nSPS) is 10.5. The number of rotatable bonds is 9. The van der Waals surface area contributed by atoms with E-state index in [0.29, 0.717) is 22.4 Å². The number of nitrogen functional groups attached to an aromatic ring is 1. The topological polar surface area (TPSA) is 280 Å². The summed E-state index contributed by atoms with van der Waals surface area (Å²) in [4.78, 5) is 44.3. The number of carbonyl (C=O) groups excluding carboxylic acids is 2. The van der Waals surface area contributed by atoms with Crippen molar-refractivity contribution < 1.29 is 49.9 Å². The number of hydrogen-bond donors (Lipinski definition) is 8. The van der Waals surface area contributed by atoms with Gasteiger partial charge in [0.15, 0.2) is 0 Å². The molecule has 0 saturated carbocycles. The maximum Gasteiger partial charge on any atom is 0.495 e. The van der Waals surface area contributed by atoms with E-state index >= 15 is 0 Å². The van der Waals surface area contributed by atoms with Crippen LogP contribution in [-0.2, 0) is 0 Å². The fourth-order valence-electron chi connectivity index (χ4n) is 11.8. The summed E-state index contributed by atoms with van der Waals surface area (Å²) in [6.07, 6.45) is 0. The van der Waals surface area contributed by atoms with Crippen molar-refractivity contribution in [2.24, 2.45) is 0 Å². The molecule has 0 heterocycles. The molecule has 1 amide bonds. The molecule has 0 aliphatic heterocycles. The van der Waals surface area contributed by atoms with Crippen LogP contribution in [0.15, 0.2) is 332 Å². The van der Waals surface area contributed by atoms with Crippen molar-refractivity contribution >= 4 is 139 Å². The molecule has 9 N–H and O–H groups in total. The van der Waals surface area contributed by atoms with Crippen LogP contribution in [0.3, 0.4) is 0 Å². The molecular formula is C86H63BBrClN4O12. The SMILES string of the molecule is Nc1ccccc1-c1cccc2ccc(O)cc12.O=C(Cl)c1ccc2ccccc2c1.O=C(Nc1ccccc1-c1cccc2ccc(O)cc12)c1ccc2ccccc2c1.O=[N+]([O-])c1ccccc1-c1cccc2ccc(O)cc12.O=[N+]([O-])c1ccccc1B(O)O.Oc1ccc2cccc(Br)c2c1. The fourth-order valence-corrected chi connectivity index (χ4v) is 12.5. The average molecular weight is 1470 g/mol. The number of benzene rings is 16. The number of phenols is 4. The Kier molecular flexibility index (Phi) is 23.6. The Morgan fingerprint density at radius 1 is 0.362 bits per heavy atom. The number of aromatic hydroxyl groups is 4. The summed E-state index contributed by atoms with van der Waals surface area (Å²) in [6.45, 7) is 0. The van der Waals surface area contributed by atoms with Crippen LogP contribution in [0, 0.1) is 20.2 Å². The van der Waals surface area contributed by atoms with E-state index in [1.807, 2.05) is 212 Å². The van der Waals surface area contributed by atoms with E-state index in [1.165, 1.54) is 30.3 Å². The molecule has 0 bridgehead atoms. The Hall–Kier alpha value is -13.2. The second-order valence-corrected chi connectivity index (χ2v) is 24.9. The lowest BCUT2D eigenvalue weighted by molar-refractivity contribution is -0.384. The van der Waals surface area contributed by atoms with Gasteiger partial charge in [-0.25, -0.2) is 0 Å². The second-order valence-electron chi connectivity index (χ2n) is 23.7. The summed E-state index contributed by atoms with van der Waals surface area (Å²) in [7, 11) is -1.80. The molecule has 516 valence electrons. The third-order valence-corrected chi connectivity index (χ3v) is 17.8. The van der Waals surface area contributed by atoms with E-state index in [9.17, 15) is 50.2 Å². The van der Waals surface area contributed by atoms with Crippen molar-refractivity contribution in [3.05, 3.63) is 363 Å². The van der Waals surface area contributed by atoms with E-state index in [4.69, 9.17) is 27.4 Å². The molecule has 0 atom stereocenters. The Balaban J connectivity index is 0.000000131. The lowest BCUT2D eigenvalue weighted by Gasteiger charge is -2.14. The Labute approximate surface area is 615 Å². The first-order valence-corrected chi connectivity index (χ1v) is 33.7. The molecule has 0 unspecified atom stereocenters. The lowest BCUT2D eigenvalue weighted by Crippen LogP contribution is -2.31. The number of nitro benzene ring substituents is 2. The van der Waals surface area contributed by atoms with Crippen LogP contribution in [0.2, 0.25) is 0 Å². The lowest BCUT2D eigenvalue weighted by atomic mass is 9.79. The highest BCUT2D eigenvalue weighted by atomic mass is 79.9. The summed E-state index contributed by atoms with van der Waals surface area (Å²) in [5.74, 6) is 0.770. The maximum atomic E-state index is 13.0. The first-order valence-electron chi connectivity index (χ1n) is 32.6. The molecule has 16 aromatic rings. The third-order valence-electron chi connectivity index (χ3n) is 16.9. The Morgan fingerprint density at radius 2 is 0.714 bits per heavy atom. The van der Waals surface area contributed by atoms with Gasteiger partial charge >= 0.3 is 7.12 Å². The quantitative estimate of drug-likeness (QED) is 0.0220. The van der Waals surface area contributed by atoms with Crippen LogP contribution >= 0.6 is 27.5 Å². The summed E-state index contributed by atoms with van der Waals surface area (Å²) < 4.78 is 1.01. The van der Waals surface area contributed by atoms with E-state index < -0.39 is 22.2 Å². The average Bonchev–Trinajstić information content (AvgIpc) is 0.807. The van der Waals surface area contributed by atoms with Crippen molar-refractivity contribution in [1.29, 1.82) is 0 Å². The van der Waals surface area contributed by atoms with E-state index in [2.05, 4.69) is 21.2 Å². The van der Waals surface area contributed by atoms with Crippen molar-refractivity contribution in [3.8, 4) is 56.4 Å². The van der Waals surface area contributed by atoms with Gasteiger partial charge in [-0.15, -0.1) is 0 Å². The number of nitrogens with one attached hydrogen (secondary N) is 1. The van der Waals surface area contributed by atoms with Gasteiger partial charge in [0, 0.05) is 50.2 Å². The van der Waals surface area contributed by atoms with Crippen LogP contribution in [0.5, 0.6) is 23.0 Å². The summed E-state index contributed by atoms with van der Waals surface area (Å²) in [6, 6.07) is 99.2. The van der Waals surface area contributed by atoms with Gasteiger partial charge in [0.2, 0.25) is 0 Å². The van der Waals surface area contributed by atoms with E-state index in [1.54, 1.807) is 84.9 Å². The number of carbonyl (C=O) groups is 2. The van der Waals surface area contributed by atoms with Gasteiger partial charge in [-0.05, 0) is 190 Å². The zero-order valence-corrected chi connectivity index (χ0v) is 58.0. The van der Waals surface area contributed by atoms with Gasteiger partial charge in [-0.2, -0.15) is 0 Å². The third kappa shape index (κ3) is 18.1. The van der Waals surface area contributed by atoms with Gasteiger partial charge in [0.1, 0.15) is 23.0 Å². The number of nitro groups is 2. The smallest absolute Gasteiger partial charge is 0.495 e. The number of nitrogens with zero attached hydrogens (tertiary/aromatic N) is 2. The molecule has 19 heteroatoms. The van der Waals surface area contributed by atoms with Gasteiger partial charge < -0.3 is 41.5 Å². The minimum atomic E-state index is -1.80. The number of amides is 1. The molecule has 16 aromatic carbocycles. The minimum Gasteiger partial charge on any atom is -0.508 e. The molecule has 0 saturated heterocycles. The second kappa shape index (κ2) is 34.0. The number of anilines is 2. The predicted molar refractivity (Wildman–Crippen MR) is 426 cm³/mol. The van der Waals surface area contributed by atoms with Crippen molar-refractivity contribution in [3.63, 3.8) is 0 Å². The highest BCUT2D eigenvalue weighted by Crippen LogP contribution is 2.39. The van der Waals surface area contributed by atoms with Crippen LogP contribution in [0.25, 0.3) is 98.0 Å². The number of para-hydroxylation sites is 4. The van der Waals surface area contributed by atoms with Crippen LogP contribution < -0.4 is 16.5 Å². The molecule has 0 aromatic heterocycles. The number of phenolic OH excluding ortho intramolecular Hbond substituents is 4. The standard InChI is InChI=1S/C27H19NO2.C16H11NO3.C16H13NO.C11H7ClO.C10H7BrO.C6H6BNO4/c29-22-15-14-19-8-5-10-23(25(19)17-22)24-9-3-4-11-26(24)28-27(30)21-13-12-18-6-1-2-7-20(18)16-21;18-12-9-8-11-4-3-6-13(15(11)10-12)14-5-1-2-7-16(14)17(19)20;17-16-7-2-1-5-14(16)13-6-3-4-11-8-9-12(18)10-15(11)13;12-11(13)10-6-5-8-3-1-2-4-9(8)7-10;11-10-3-1-2-7-4-5-8(12)6-9(7)10;9-7(10)5-3-1-2-4-6(5)8(11)12/h1-17,29H,(H,28,30);1-10,18H;1-10,18H,17H2;1-7H;1-6,12H;1-4,9-10H. The molecule has 16 rings (SSSR count). The predicted octanol–water partition coefficient (Wildman–Crippen LogP) is 20.3. The monoisotopic (exact) mass is 1470 g/mol. The van der Waals surface area contributed by atoms with Crippen molar-refractivity contribution in [1.82, 2.24) is 0 Å². The van der Waals surface area contributed by atoms with Gasteiger partial charge in [0.05, 0.1) is 20.9 Å². The van der Waals surface area contributed by atoms with Gasteiger partial charge in [-0.3, -0.25) is 29.8 Å². The summed E-state index contributed by atoms with van der Waals surface area (Å²) in [5, 5.41) is 92.3. The van der Waals surface area contributed by atoms with E-state index in [-0.39, 0.29) is 40.0 Å². The van der Waals surface area contributed by atoms with Gasteiger partial charge in [0.25, 0.3) is 22.5 Å². The Morgan fingerprint density at radius 3 is 1.20 bits per heavy atom. The first kappa shape index (κ1) is 73.0. The fraction of sp³-hybridized carbons (Fsp3) is 0. The molecular weight excluding hydrogens is 1410 g/mol. The highest BCUT2D eigenvalue weighted by molar-refractivity contribution is 9.10. The number of halogens is 2. The number of hydrogen-bond acceptors (Lipinski definition) is 13. The van der Waals surface area contributed by atoms with Crippen LogP contribution in [-0.4, -0.2) is 58.6 Å². The highest BCUT2D eigenvalue weighted by Gasteiger charge is 2.23. The van der Waals surface area contributed by atoms with Crippen molar-refractivity contribution in [2.75, 3.05) is 11.1 Å². The molecule has 0 fully saturated rings. The summed E-state index contributed by atoms with van der Waals surface area (Å²) in [5.41, 5.74) is 13.5. The molecule has 0 aliphatic carbocycles. The number of fused-ring (bicyclic) bond motifs is 6. The first-order chi connectivity index (χ1) is 50.8. The van der Waals surface area contributed by atoms with Gasteiger partial charge in [-0.1, -0.05) is 234 Å². The largest absolute Gasteiger partial charge is 0.508 e.